The molecule has 0 fully saturated rings. The third kappa shape index (κ3) is 5.31. The van der Waals surface area contributed by atoms with Gasteiger partial charge in [0.25, 0.3) is 0 Å². The second-order valence-corrected chi connectivity index (χ2v) is 3.94. The minimum atomic E-state index is -4.15. The summed E-state index contributed by atoms with van der Waals surface area (Å²) in [4.78, 5) is 9.68. The Morgan fingerprint density at radius 1 is 1.33 bits per heavy atom. The minimum absolute atomic E-state index is 0.122. The fourth-order valence-corrected chi connectivity index (χ4v) is 1.33. The van der Waals surface area contributed by atoms with E-state index in [4.69, 9.17) is 0 Å². The van der Waals surface area contributed by atoms with E-state index >= 15 is 0 Å². The summed E-state index contributed by atoms with van der Waals surface area (Å²) in [6.45, 7) is 3.20. The predicted octanol–water partition coefficient (Wildman–Crippen LogP) is 1.97. The highest BCUT2D eigenvalue weighted by Gasteiger charge is 2.27. The zero-order valence-electron chi connectivity index (χ0n) is 10.5. The van der Waals surface area contributed by atoms with Gasteiger partial charge in [0, 0.05) is 26.3 Å². The van der Waals surface area contributed by atoms with Crippen molar-refractivity contribution in [1.82, 2.24) is 15.3 Å². The van der Waals surface area contributed by atoms with Crippen LogP contribution in [0.3, 0.4) is 0 Å². The SMILES string of the molecule is CCNCc1cncc(N(C)CCC(F)(F)F)n1. The van der Waals surface area contributed by atoms with E-state index in [-0.39, 0.29) is 6.54 Å². The van der Waals surface area contributed by atoms with Crippen molar-refractivity contribution in [2.75, 3.05) is 25.0 Å². The molecular weight excluding hydrogens is 245 g/mol. The summed E-state index contributed by atoms with van der Waals surface area (Å²) in [5, 5.41) is 3.09. The van der Waals surface area contributed by atoms with Crippen molar-refractivity contribution >= 4 is 5.82 Å². The van der Waals surface area contributed by atoms with Gasteiger partial charge in [-0.1, -0.05) is 6.92 Å². The number of hydrogen-bond donors (Lipinski definition) is 1. The van der Waals surface area contributed by atoms with Crippen molar-refractivity contribution < 1.29 is 13.2 Å². The lowest BCUT2D eigenvalue weighted by Gasteiger charge is -2.19. The Morgan fingerprint density at radius 3 is 2.67 bits per heavy atom. The molecule has 0 aliphatic carbocycles. The fraction of sp³-hybridized carbons (Fsp3) is 0.636. The van der Waals surface area contributed by atoms with Crippen LogP contribution in [-0.4, -0.2) is 36.3 Å². The van der Waals surface area contributed by atoms with Crippen LogP contribution in [0.25, 0.3) is 0 Å². The second-order valence-electron chi connectivity index (χ2n) is 3.94. The van der Waals surface area contributed by atoms with E-state index in [2.05, 4.69) is 15.3 Å². The molecule has 0 radical (unpaired) electrons. The van der Waals surface area contributed by atoms with Crippen molar-refractivity contribution in [2.45, 2.75) is 26.1 Å². The molecule has 0 aliphatic heterocycles. The van der Waals surface area contributed by atoms with Gasteiger partial charge < -0.3 is 10.2 Å². The summed E-state index contributed by atoms with van der Waals surface area (Å²) < 4.78 is 36.3. The van der Waals surface area contributed by atoms with E-state index in [9.17, 15) is 13.2 Å². The molecule has 1 heterocycles. The Balaban J connectivity index is 2.59. The van der Waals surface area contributed by atoms with Gasteiger partial charge in [-0.2, -0.15) is 13.2 Å². The van der Waals surface area contributed by atoms with E-state index in [1.807, 2.05) is 6.92 Å². The number of rotatable bonds is 6. The molecule has 0 aliphatic rings. The van der Waals surface area contributed by atoms with Crippen LogP contribution in [0.2, 0.25) is 0 Å². The van der Waals surface area contributed by atoms with Gasteiger partial charge in [0.15, 0.2) is 0 Å². The molecule has 0 amide bonds. The monoisotopic (exact) mass is 262 g/mol. The van der Waals surface area contributed by atoms with Gasteiger partial charge in [-0.15, -0.1) is 0 Å². The molecular formula is C11H17F3N4. The van der Waals surface area contributed by atoms with Crippen LogP contribution in [0, 0.1) is 0 Å². The van der Waals surface area contributed by atoms with Crippen LogP contribution in [0.15, 0.2) is 12.4 Å². The van der Waals surface area contributed by atoms with Gasteiger partial charge in [0.05, 0.1) is 18.3 Å². The first kappa shape index (κ1) is 14.7. The molecule has 0 aromatic carbocycles. The maximum absolute atomic E-state index is 12.1. The summed E-state index contributed by atoms with van der Waals surface area (Å²) in [5.74, 6) is 0.453. The van der Waals surface area contributed by atoms with Crippen LogP contribution in [0.1, 0.15) is 19.0 Å². The number of hydrogen-bond acceptors (Lipinski definition) is 4. The Morgan fingerprint density at radius 2 is 2.06 bits per heavy atom. The van der Waals surface area contributed by atoms with Crippen molar-refractivity contribution in [1.29, 1.82) is 0 Å². The van der Waals surface area contributed by atoms with Crippen LogP contribution in [0.5, 0.6) is 0 Å². The van der Waals surface area contributed by atoms with E-state index < -0.39 is 12.6 Å². The molecule has 0 saturated heterocycles. The molecule has 4 nitrogen and oxygen atoms in total. The fourth-order valence-electron chi connectivity index (χ4n) is 1.33. The molecule has 0 spiro atoms. The van der Waals surface area contributed by atoms with Gasteiger partial charge in [-0.05, 0) is 6.54 Å². The molecule has 1 rings (SSSR count). The molecule has 0 bridgehead atoms. The minimum Gasteiger partial charge on any atom is -0.358 e. The smallest absolute Gasteiger partial charge is 0.358 e. The van der Waals surface area contributed by atoms with Crippen molar-refractivity contribution in [2.24, 2.45) is 0 Å². The summed E-state index contributed by atoms with van der Waals surface area (Å²) in [7, 11) is 1.58. The Hall–Kier alpha value is -1.37. The maximum atomic E-state index is 12.1. The summed E-state index contributed by atoms with van der Waals surface area (Å²) >= 11 is 0. The molecule has 18 heavy (non-hydrogen) atoms. The second kappa shape index (κ2) is 6.53. The van der Waals surface area contributed by atoms with Gasteiger partial charge in [0.2, 0.25) is 0 Å². The number of alkyl halides is 3. The van der Waals surface area contributed by atoms with Gasteiger partial charge in [-0.25, -0.2) is 4.98 Å². The van der Waals surface area contributed by atoms with Gasteiger partial charge >= 0.3 is 6.18 Å². The average molecular weight is 262 g/mol. The molecule has 1 N–H and O–H groups in total. The lowest BCUT2D eigenvalue weighted by Crippen LogP contribution is -2.25. The van der Waals surface area contributed by atoms with Crippen molar-refractivity contribution in [3.63, 3.8) is 0 Å². The largest absolute Gasteiger partial charge is 0.390 e. The molecule has 7 heteroatoms. The zero-order valence-corrected chi connectivity index (χ0v) is 10.5. The summed E-state index contributed by atoms with van der Waals surface area (Å²) in [6.07, 6.45) is -1.94. The number of nitrogens with zero attached hydrogens (tertiary/aromatic N) is 3. The normalized spacial score (nSPS) is 11.6. The lowest BCUT2D eigenvalue weighted by molar-refractivity contribution is -0.132. The first-order valence-electron chi connectivity index (χ1n) is 5.72. The topological polar surface area (TPSA) is 41.1 Å². The van der Waals surface area contributed by atoms with Gasteiger partial charge in [0.1, 0.15) is 5.82 Å². The Bertz CT molecular complexity index is 368. The third-order valence-electron chi connectivity index (χ3n) is 2.35. The average Bonchev–Trinajstić information content (AvgIpc) is 2.33. The van der Waals surface area contributed by atoms with E-state index in [1.54, 1.807) is 13.2 Å². The van der Waals surface area contributed by atoms with Crippen LogP contribution >= 0.6 is 0 Å². The lowest BCUT2D eigenvalue weighted by atomic mass is 10.3. The van der Waals surface area contributed by atoms with Crippen molar-refractivity contribution in [3.05, 3.63) is 18.1 Å². The maximum Gasteiger partial charge on any atom is 0.390 e. The Labute approximate surface area is 104 Å². The van der Waals surface area contributed by atoms with Crippen LogP contribution < -0.4 is 10.2 Å². The number of anilines is 1. The molecule has 1 aromatic rings. The van der Waals surface area contributed by atoms with Crippen LogP contribution in [0.4, 0.5) is 19.0 Å². The first-order valence-corrected chi connectivity index (χ1v) is 5.72. The number of nitrogens with one attached hydrogen (secondary N) is 1. The number of aromatic nitrogens is 2. The third-order valence-corrected chi connectivity index (χ3v) is 2.35. The highest BCUT2D eigenvalue weighted by atomic mass is 19.4. The molecule has 0 atom stereocenters. The summed E-state index contributed by atoms with van der Waals surface area (Å²) in [5.41, 5.74) is 0.716. The molecule has 0 unspecified atom stereocenters. The van der Waals surface area contributed by atoms with Crippen molar-refractivity contribution in [3.8, 4) is 0 Å². The summed E-state index contributed by atoms with van der Waals surface area (Å²) in [6, 6.07) is 0. The quantitative estimate of drug-likeness (QED) is 0.851. The van der Waals surface area contributed by atoms with Crippen LogP contribution in [-0.2, 0) is 6.54 Å². The molecule has 0 saturated carbocycles. The van der Waals surface area contributed by atoms with E-state index in [0.29, 0.717) is 18.1 Å². The molecule has 1 aromatic heterocycles. The highest BCUT2D eigenvalue weighted by molar-refractivity contribution is 5.34. The van der Waals surface area contributed by atoms with E-state index in [1.165, 1.54) is 11.1 Å². The van der Waals surface area contributed by atoms with E-state index in [0.717, 1.165) is 6.54 Å². The molecule has 102 valence electrons. The first-order chi connectivity index (χ1) is 8.42. The predicted molar refractivity (Wildman–Crippen MR) is 63.4 cm³/mol. The standard InChI is InChI=1S/C11H17F3N4/c1-3-15-6-9-7-16-8-10(17-9)18(2)5-4-11(12,13)14/h7-8,15H,3-6H2,1-2H3. The zero-order chi connectivity index (χ0) is 13.6. The highest BCUT2D eigenvalue weighted by Crippen LogP contribution is 2.20. The Kier molecular flexibility index (Phi) is 5.33. The van der Waals surface area contributed by atoms with Gasteiger partial charge in [-0.3, -0.25) is 4.98 Å². The number of halogens is 3.